The van der Waals surface area contributed by atoms with Crippen molar-refractivity contribution in [2.75, 3.05) is 26.2 Å². The first-order valence-electron chi connectivity index (χ1n) is 7.93. The number of morpholine rings is 1. The Morgan fingerprint density at radius 2 is 2.14 bits per heavy atom. The van der Waals surface area contributed by atoms with Crippen molar-refractivity contribution in [1.82, 2.24) is 15.2 Å². The number of aromatic nitrogens is 1. The predicted octanol–water partition coefficient (Wildman–Crippen LogP) is 2.57. The van der Waals surface area contributed by atoms with Gasteiger partial charge in [-0.3, -0.25) is 4.98 Å². The highest BCUT2D eigenvalue weighted by Gasteiger charge is 2.33. The van der Waals surface area contributed by atoms with Gasteiger partial charge in [0, 0.05) is 30.9 Å². The summed E-state index contributed by atoms with van der Waals surface area (Å²) in [7, 11) is 0. The lowest BCUT2D eigenvalue weighted by Gasteiger charge is -2.40. The number of ether oxygens (including phenoxy) is 1. The zero-order chi connectivity index (χ0) is 16.2. The number of hydrogen-bond donors (Lipinski definition) is 1. The lowest BCUT2D eigenvalue weighted by atomic mass is 9.85. The third-order valence-electron chi connectivity index (χ3n) is 4.52. The number of carbonyl (C=O) groups excluding carboxylic acids is 1. The number of nitrogens with zero attached hydrogens (tertiary/aromatic N) is 2. The summed E-state index contributed by atoms with van der Waals surface area (Å²) in [5, 5.41) is 3.06. The van der Waals surface area contributed by atoms with E-state index >= 15 is 0 Å². The lowest BCUT2D eigenvalue weighted by Crippen LogP contribution is -2.55. The van der Waals surface area contributed by atoms with E-state index in [1.54, 1.807) is 12.4 Å². The molecule has 1 unspecified atom stereocenters. The summed E-state index contributed by atoms with van der Waals surface area (Å²) in [6.45, 7) is 10.9. The molecule has 122 valence electrons. The molecule has 5 nitrogen and oxygen atoms in total. The molecule has 1 aromatic rings. The predicted molar refractivity (Wildman–Crippen MR) is 86.9 cm³/mol. The van der Waals surface area contributed by atoms with Crippen LogP contribution in [0, 0.1) is 0 Å². The first kappa shape index (κ1) is 16.7. The van der Waals surface area contributed by atoms with E-state index in [1.807, 2.05) is 17.0 Å². The Morgan fingerprint density at radius 3 is 2.77 bits per heavy atom. The molecule has 0 aromatic carbocycles. The summed E-state index contributed by atoms with van der Waals surface area (Å²) in [4.78, 5) is 18.3. The van der Waals surface area contributed by atoms with Crippen LogP contribution >= 0.6 is 0 Å². The molecule has 0 bridgehead atoms. The molecule has 2 rings (SSSR count). The summed E-state index contributed by atoms with van der Waals surface area (Å²) < 4.78 is 5.78. The molecule has 0 aliphatic carbocycles. The molecule has 0 saturated carbocycles. The molecular weight excluding hydrogens is 278 g/mol. The van der Waals surface area contributed by atoms with Crippen molar-refractivity contribution in [2.45, 2.75) is 45.1 Å². The maximum absolute atomic E-state index is 12.4. The number of pyridine rings is 1. The Hall–Kier alpha value is -1.62. The van der Waals surface area contributed by atoms with E-state index in [-0.39, 0.29) is 17.0 Å². The summed E-state index contributed by atoms with van der Waals surface area (Å²) in [5.74, 6) is 0. The van der Waals surface area contributed by atoms with Crippen molar-refractivity contribution in [2.24, 2.45) is 0 Å². The summed E-state index contributed by atoms with van der Waals surface area (Å²) >= 11 is 0. The third-order valence-corrected chi connectivity index (χ3v) is 4.52. The van der Waals surface area contributed by atoms with Gasteiger partial charge in [0.1, 0.15) is 0 Å². The highest BCUT2D eigenvalue weighted by atomic mass is 16.5. The maximum Gasteiger partial charge on any atom is 0.317 e. The highest BCUT2D eigenvalue weighted by molar-refractivity contribution is 5.74. The highest BCUT2D eigenvalue weighted by Crippen LogP contribution is 2.23. The van der Waals surface area contributed by atoms with Gasteiger partial charge in [0.25, 0.3) is 0 Å². The molecule has 1 saturated heterocycles. The number of carbonyl (C=O) groups is 1. The third kappa shape index (κ3) is 3.97. The van der Waals surface area contributed by atoms with Gasteiger partial charge < -0.3 is 15.0 Å². The van der Waals surface area contributed by atoms with Crippen LogP contribution < -0.4 is 5.32 Å². The lowest BCUT2D eigenvalue weighted by molar-refractivity contribution is -0.0873. The van der Waals surface area contributed by atoms with Crippen molar-refractivity contribution in [3.63, 3.8) is 0 Å². The minimum absolute atomic E-state index is 0.00916. The minimum Gasteiger partial charge on any atom is -0.372 e. The number of amides is 2. The van der Waals surface area contributed by atoms with Crippen molar-refractivity contribution in [1.29, 1.82) is 0 Å². The van der Waals surface area contributed by atoms with Gasteiger partial charge in [-0.05, 0) is 31.0 Å². The Bertz CT molecular complexity index is 504. The van der Waals surface area contributed by atoms with Gasteiger partial charge in [0.05, 0.1) is 18.8 Å². The van der Waals surface area contributed by atoms with Crippen LogP contribution in [0.25, 0.3) is 0 Å². The number of hydrogen-bond acceptors (Lipinski definition) is 3. The fourth-order valence-electron chi connectivity index (χ4n) is 2.63. The van der Waals surface area contributed by atoms with Crippen LogP contribution in [0.4, 0.5) is 4.79 Å². The first-order valence-corrected chi connectivity index (χ1v) is 7.93. The Morgan fingerprint density at radius 1 is 1.45 bits per heavy atom. The van der Waals surface area contributed by atoms with E-state index in [0.29, 0.717) is 26.2 Å². The number of rotatable bonds is 4. The van der Waals surface area contributed by atoms with Gasteiger partial charge in [-0.1, -0.05) is 20.8 Å². The SMILES string of the molecule is CCC1(C)CN(C(=O)NCC(C)(C)c2ccncc2)CCO1. The molecule has 1 aliphatic heterocycles. The molecule has 1 N–H and O–H groups in total. The second-order valence-electron chi connectivity index (χ2n) is 6.85. The second-order valence-corrected chi connectivity index (χ2v) is 6.85. The fourth-order valence-corrected chi connectivity index (χ4v) is 2.63. The second kappa shape index (κ2) is 6.65. The molecule has 1 fully saturated rings. The van der Waals surface area contributed by atoms with Gasteiger partial charge in [0.2, 0.25) is 0 Å². The van der Waals surface area contributed by atoms with Crippen LogP contribution in [0.5, 0.6) is 0 Å². The van der Waals surface area contributed by atoms with Crippen molar-refractivity contribution in [3.8, 4) is 0 Å². The van der Waals surface area contributed by atoms with E-state index in [1.165, 1.54) is 5.56 Å². The van der Waals surface area contributed by atoms with Gasteiger partial charge in [-0.25, -0.2) is 4.79 Å². The van der Waals surface area contributed by atoms with Crippen LogP contribution in [0.1, 0.15) is 39.7 Å². The maximum atomic E-state index is 12.4. The molecule has 1 aromatic heterocycles. The zero-order valence-electron chi connectivity index (χ0n) is 14.1. The molecule has 22 heavy (non-hydrogen) atoms. The summed E-state index contributed by atoms with van der Waals surface area (Å²) in [5.41, 5.74) is 0.818. The molecule has 0 radical (unpaired) electrons. The molecule has 1 aliphatic rings. The molecule has 5 heteroatoms. The van der Waals surface area contributed by atoms with Gasteiger partial charge >= 0.3 is 6.03 Å². The van der Waals surface area contributed by atoms with Crippen LogP contribution in [0.15, 0.2) is 24.5 Å². The molecule has 1 atom stereocenters. The fraction of sp³-hybridized carbons (Fsp3) is 0.647. The van der Waals surface area contributed by atoms with Crippen LogP contribution in [-0.2, 0) is 10.2 Å². The Labute approximate surface area is 133 Å². The smallest absolute Gasteiger partial charge is 0.317 e. The van der Waals surface area contributed by atoms with Crippen molar-refractivity contribution in [3.05, 3.63) is 30.1 Å². The van der Waals surface area contributed by atoms with E-state index in [9.17, 15) is 4.79 Å². The Balaban J connectivity index is 1.92. The number of nitrogens with one attached hydrogen (secondary N) is 1. The van der Waals surface area contributed by atoms with Gasteiger partial charge in [-0.2, -0.15) is 0 Å². The molecule has 2 amide bonds. The standard InChI is InChI=1S/C17H27N3O2/c1-5-17(4)13-20(10-11-22-17)15(21)19-12-16(2,3)14-6-8-18-9-7-14/h6-9H,5,10-13H2,1-4H3,(H,19,21). The molecule has 0 spiro atoms. The normalized spacial score (nSPS) is 22.5. The van der Waals surface area contributed by atoms with E-state index in [4.69, 9.17) is 4.74 Å². The van der Waals surface area contributed by atoms with Crippen LogP contribution in [-0.4, -0.2) is 47.8 Å². The zero-order valence-corrected chi connectivity index (χ0v) is 14.1. The summed E-state index contributed by atoms with van der Waals surface area (Å²) in [6, 6.07) is 3.98. The average molecular weight is 305 g/mol. The largest absolute Gasteiger partial charge is 0.372 e. The average Bonchev–Trinajstić information content (AvgIpc) is 2.53. The quantitative estimate of drug-likeness (QED) is 0.930. The van der Waals surface area contributed by atoms with Gasteiger partial charge in [0.15, 0.2) is 0 Å². The Kier molecular flexibility index (Phi) is 5.06. The molecule has 2 heterocycles. The minimum atomic E-state index is -0.226. The van der Waals surface area contributed by atoms with E-state index < -0.39 is 0 Å². The molecular formula is C17H27N3O2. The van der Waals surface area contributed by atoms with E-state index in [2.05, 4.69) is 38.0 Å². The van der Waals surface area contributed by atoms with Crippen LogP contribution in [0.3, 0.4) is 0 Å². The van der Waals surface area contributed by atoms with E-state index in [0.717, 1.165) is 6.42 Å². The van der Waals surface area contributed by atoms with Crippen molar-refractivity contribution < 1.29 is 9.53 Å². The topological polar surface area (TPSA) is 54.5 Å². The van der Waals surface area contributed by atoms with Crippen molar-refractivity contribution >= 4 is 6.03 Å². The number of urea groups is 1. The first-order chi connectivity index (χ1) is 10.4. The monoisotopic (exact) mass is 305 g/mol. The summed E-state index contributed by atoms with van der Waals surface area (Å²) in [6.07, 6.45) is 4.47. The van der Waals surface area contributed by atoms with Gasteiger partial charge in [-0.15, -0.1) is 0 Å². The van der Waals surface area contributed by atoms with Crippen LogP contribution in [0.2, 0.25) is 0 Å².